The van der Waals surface area contributed by atoms with Crippen LogP contribution in [-0.2, 0) is 18.5 Å². The molecule has 0 radical (unpaired) electrons. The van der Waals surface area contributed by atoms with E-state index in [0.29, 0.717) is 24.4 Å². The van der Waals surface area contributed by atoms with Gasteiger partial charge in [-0.15, -0.1) is 0 Å². The molecule has 168 valence electrons. The summed E-state index contributed by atoms with van der Waals surface area (Å²) in [5, 5.41) is 2.76. The molecule has 0 atom stereocenters. The molecule has 1 heterocycles. The summed E-state index contributed by atoms with van der Waals surface area (Å²) < 4.78 is 40.3. The molecule has 3 rings (SSSR count). The maximum absolute atomic E-state index is 13.4. The lowest BCUT2D eigenvalue weighted by molar-refractivity contribution is -0.141. The summed E-state index contributed by atoms with van der Waals surface area (Å²) in [5.41, 5.74) is 1.36. The minimum atomic E-state index is -4.57. The lowest BCUT2D eigenvalue weighted by atomic mass is 10.1. The normalized spacial score (nSPS) is 11.3. The molecule has 1 N–H and O–H groups in total. The third kappa shape index (κ3) is 6.46. The first-order chi connectivity index (χ1) is 15.3. The lowest BCUT2D eigenvalue weighted by Crippen LogP contribution is -2.22. The predicted molar refractivity (Wildman–Crippen MR) is 120 cm³/mol. The highest BCUT2D eigenvalue weighted by atomic mass is 32.2. The SMILES string of the molecule is CCNC(=O)c1ccc(CSc2nc(N(C)Cc3ccccc3)cc(C(F)(F)F)n2)cc1. The monoisotopic (exact) mass is 460 g/mol. The number of alkyl halides is 3. The van der Waals surface area contributed by atoms with Crippen LogP contribution in [0, 0.1) is 0 Å². The summed E-state index contributed by atoms with van der Waals surface area (Å²) in [7, 11) is 1.70. The molecule has 1 aromatic heterocycles. The van der Waals surface area contributed by atoms with Crippen molar-refractivity contribution in [1.29, 1.82) is 0 Å². The molecule has 9 heteroatoms. The van der Waals surface area contributed by atoms with Crippen molar-refractivity contribution in [1.82, 2.24) is 15.3 Å². The number of nitrogens with one attached hydrogen (secondary N) is 1. The molecule has 32 heavy (non-hydrogen) atoms. The van der Waals surface area contributed by atoms with Gasteiger partial charge in [0.15, 0.2) is 10.9 Å². The van der Waals surface area contributed by atoms with Crippen molar-refractivity contribution in [3.05, 3.63) is 83.0 Å². The molecule has 0 unspecified atom stereocenters. The largest absolute Gasteiger partial charge is 0.433 e. The van der Waals surface area contributed by atoms with Gasteiger partial charge < -0.3 is 10.2 Å². The van der Waals surface area contributed by atoms with Gasteiger partial charge in [0.25, 0.3) is 5.91 Å². The first kappa shape index (κ1) is 23.6. The summed E-state index contributed by atoms with van der Waals surface area (Å²) in [5.74, 6) is 0.406. The van der Waals surface area contributed by atoms with Crippen LogP contribution in [0.5, 0.6) is 0 Å². The maximum Gasteiger partial charge on any atom is 0.433 e. The number of amides is 1. The first-order valence-corrected chi connectivity index (χ1v) is 11.0. The van der Waals surface area contributed by atoms with Crippen molar-refractivity contribution >= 4 is 23.5 Å². The standard InChI is InChI=1S/C23H23F3N4OS/c1-3-27-21(31)18-11-9-17(10-12-18)15-32-22-28-19(23(24,25)26)13-20(29-22)30(2)14-16-7-5-4-6-8-16/h4-13H,3,14-15H2,1-2H3,(H,27,31). The van der Waals surface area contributed by atoms with E-state index in [1.165, 1.54) is 0 Å². The van der Waals surface area contributed by atoms with Crippen LogP contribution in [0.1, 0.15) is 34.1 Å². The van der Waals surface area contributed by atoms with Crippen LogP contribution in [0.15, 0.2) is 65.8 Å². The second-order valence-corrected chi connectivity index (χ2v) is 8.02. The third-order valence-electron chi connectivity index (χ3n) is 4.56. The minimum absolute atomic E-state index is 0.0440. The van der Waals surface area contributed by atoms with Gasteiger partial charge in [0.1, 0.15) is 5.82 Å². The van der Waals surface area contributed by atoms with Crippen LogP contribution < -0.4 is 10.2 Å². The number of hydrogen-bond donors (Lipinski definition) is 1. The fourth-order valence-corrected chi connectivity index (χ4v) is 3.73. The Labute approximate surface area is 189 Å². The van der Waals surface area contributed by atoms with Crippen LogP contribution in [0.4, 0.5) is 19.0 Å². The second-order valence-electron chi connectivity index (χ2n) is 7.08. The summed E-state index contributed by atoms with van der Waals surface area (Å²) >= 11 is 1.12. The third-order valence-corrected chi connectivity index (χ3v) is 5.48. The van der Waals surface area contributed by atoms with Crippen molar-refractivity contribution in [2.45, 2.75) is 30.6 Å². The number of rotatable bonds is 8. The molecule has 0 fully saturated rings. The average molecular weight is 461 g/mol. The number of hydrogen-bond acceptors (Lipinski definition) is 5. The molecule has 0 aliphatic heterocycles. The van der Waals surface area contributed by atoms with Crippen LogP contribution in [0.25, 0.3) is 0 Å². The van der Waals surface area contributed by atoms with Gasteiger partial charge in [0.05, 0.1) is 0 Å². The van der Waals surface area contributed by atoms with Crippen molar-refractivity contribution in [3.8, 4) is 0 Å². The summed E-state index contributed by atoms with van der Waals surface area (Å²) in [6.07, 6.45) is -4.57. The molecule has 0 aliphatic carbocycles. The zero-order valence-corrected chi connectivity index (χ0v) is 18.5. The topological polar surface area (TPSA) is 58.1 Å². The van der Waals surface area contributed by atoms with Gasteiger partial charge in [-0.2, -0.15) is 13.2 Å². The minimum Gasteiger partial charge on any atom is -0.355 e. The molecule has 0 bridgehead atoms. The van der Waals surface area contributed by atoms with Crippen LogP contribution >= 0.6 is 11.8 Å². The van der Waals surface area contributed by atoms with Gasteiger partial charge in [0.2, 0.25) is 0 Å². The molecule has 1 amide bonds. The zero-order chi connectivity index (χ0) is 23.1. The Morgan fingerprint density at radius 3 is 2.34 bits per heavy atom. The number of aromatic nitrogens is 2. The van der Waals surface area contributed by atoms with Crippen LogP contribution in [-0.4, -0.2) is 29.5 Å². The van der Waals surface area contributed by atoms with Crippen molar-refractivity contribution in [3.63, 3.8) is 0 Å². The van der Waals surface area contributed by atoms with E-state index in [1.807, 2.05) is 37.3 Å². The average Bonchev–Trinajstić information content (AvgIpc) is 2.78. The first-order valence-electron chi connectivity index (χ1n) is 9.97. The van der Waals surface area contributed by atoms with E-state index in [0.717, 1.165) is 29.0 Å². The Bertz CT molecular complexity index is 1040. The van der Waals surface area contributed by atoms with E-state index in [4.69, 9.17) is 0 Å². The molecule has 0 saturated heterocycles. The van der Waals surface area contributed by atoms with Gasteiger partial charge in [-0.3, -0.25) is 4.79 Å². The van der Waals surface area contributed by atoms with Gasteiger partial charge in [-0.25, -0.2) is 9.97 Å². The zero-order valence-electron chi connectivity index (χ0n) is 17.7. The van der Waals surface area contributed by atoms with E-state index in [-0.39, 0.29) is 16.9 Å². The highest BCUT2D eigenvalue weighted by molar-refractivity contribution is 7.98. The highest BCUT2D eigenvalue weighted by Gasteiger charge is 2.34. The summed E-state index contributed by atoms with van der Waals surface area (Å²) in [6, 6.07) is 17.3. The molecule has 0 aliphatic rings. The number of benzene rings is 2. The summed E-state index contributed by atoms with van der Waals surface area (Å²) in [4.78, 5) is 21.6. The fourth-order valence-electron chi connectivity index (χ4n) is 2.92. The molecule has 2 aromatic carbocycles. The molecular formula is C23H23F3N4OS. The number of thioether (sulfide) groups is 1. The van der Waals surface area contributed by atoms with Crippen molar-refractivity contribution < 1.29 is 18.0 Å². The predicted octanol–water partition coefficient (Wildman–Crippen LogP) is 5.17. The van der Waals surface area contributed by atoms with Crippen LogP contribution in [0.2, 0.25) is 0 Å². The van der Waals surface area contributed by atoms with E-state index in [9.17, 15) is 18.0 Å². The maximum atomic E-state index is 13.4. The Hall–Kier alpha value is -3.07. The van der Waals surface area contributed by atoms with Gasteiger partial charge >= 0.3 is 6.18 Å². The summed E-state index contributed by atoms with van der Waals surface area (Å²) in [6.45, 7) is 2.79. The number of halogens is 3. The molecule has 3 aromatic rings. The smallest absolute Gasteiger partial charge is 0.355 e. The fraction of sp³-hybridized carbons (Fsp3) is 0.261. The Balaban J connectivity index is 1.76. The van der Waals surface area contributed by atoms with Gasteiger partial charge in [-0.1, -0.05) is 54.2 Å². The van der Waals surface area contributed by atoms with Gasteiger partial charge in [-0.05, 0) is 30.2 Å². The number of carbonyl (C=O) groups excluding carboxylic acids is 1. The number of carbonyl (C=O) groups is 1. The van der Waals surface area contributed by atoms with Crippen LogP contribution in [0.3, 0.4) is 0 Å². The molecule has 0 saturated carbocycles. The van der Waals surface area contributed by atoms with E-state index < -0.39 is 11.9 Å². The quantitative estimate of drug-likeness (QED) is 0.371. The van der Waals surface area contributed by atoms with E-state index in [2.05, 4.69) is 15.3 Å². The molecular weight excluding hydrogens is 437 g/mol. The Morgan fingerprint density at radius 1 is 1.03 bits per heavy atom. The van der Waals surface area contributed by atoms with Crippen molar-refractivity contribution in [2.75, 3.05) is 18.5 Å². The van der Waals surface area contributed by atoms with Gasteiger partial charge in [0, 0.05) is 37.5 Å². The number of anilines is 1. The molecule has 0 spiro atoms. The highest BCUT2D eigenvalue weighted by Crippen LogP contribution is 2.32. The van der Waals surface area contributed by atoms with E-state index >= 15 is 0 Å². The molecule has 5 nitrogen and oxygen atoms in total. The Morgan fingerprint density at radius 2 is 1.72 bits per heavy atom. The van der Waals surface area contributed by atoms with E-state index in [1.54, 1.807) is 36.2 Å². The number of nitrogens with zero attached hydrogens (tertiary/aromatic N) is 3. The second kappa shape index (κ2) is 10.5. The Kier molecular flexibility index (Phi) is 7.74. The van der Waals surface area contributed by atoms with Crippen molar-refractivity contribution in [2.24, 2.45) is 0 Å². The lowest BCUT2D eigenvalue weighted by Gasteiger charge is -2.20.